The lowest BCUT2D eigenvalue weighted by Crippen LogP contribution is -2.38. The highest BCUT2D eigenvalue weighted by atomic mass is 16.5. The predicted octanol–water partition coefficient (Wildman–Crippen LogP) is 3.26. The number of hydrogen-bond donors (Lipinski definition) is 0. The summed E-state index contributed by atoms with van der Waals surface area (Å²) in [5.74, 6) is -0.0853. The van der Waals surface area contributed by atoms with E-state index < -0.39 is 5.97 Å². The van der Waals surface area contributed by atoms with Crippen molar-refractivity contribution in [3.63, 3.8) is 0 Å². The number of hydrogen-bond acceptors (Lipinski definition) is 5. The molecule has 1 aromatic heterocycles. The lowest BCUT2D eigenvalue weighted by Gasteiger charge is -2.22. The Morgan fingerprint density at radius 2 is 1.97 bits per heavy atom. The quantitative estimate of drug-likeness (QED) is 0.595. The molecule has 3 aromatic rings. The number of nitrogens with zero attached hydrogens (tertiary/aromatic N) is 3. The van der Waals surface area contributed by atoms with E-state index in [-0.39, 0.29) is 29.7 Å². The number of anilines is 1. The van der Waals surface area contributed by atoms with Crippen LogP contribution in [0.1, 0.15) is 47.9 Å². The summed E-state index contributed by atoms with van der Waals surface area (Å²) in [6.45, 7) is 2.33. The first-order chi connectivity index (χ1) is 15.5. The molecule has 0 spiro atoms. The molecule has 0 radical (unpaired) electrons. The maximum absolute atomic E-state index is 12.9. The molecule has 2 aliphatic rings. The van der Waals surface area contributed by atoms with Gasteiger partial charge >= 0.3 is 5.97 Å². The summed E-state index contributed by atoms with van der Waals surface area (Å²) in [4.78, 5) is 44.7. The van der Waals surface area contributed by atoms with Crippen LogP contribution in [0.15, 0.2) is 47.3 Å². The zero-order valence-corrected chi connectivity index (χ0v) is 18.0. The van der Waals surface area contributed by atoms with Crippen molar-refractivity contribution in [2.75, 3.05) is 11.5 Å². The summed E-state index contributed by atoms with van der Waals surface area (Å²) in [5, 5.41) is 0.491. The summed E-state index contributed by atoms with van der Waals surface area (Å²) in [6, 6.07) is 12.6. The van der Waals surface area contributed by atoms with Gasteiger partial charge in [0.1, 0.15) is 5.82 Å². The van der Waals surface area contributed by atoms with Crippen LogP contribution in [0.2, 0.25) is 0 Å². The Morgan fingerprint density at radius 1 is 1.12 bits per heavy atom. The highest BCUT2D eigenvalue weighted by Gasteiger charge is 2.31. The molecule has 7 heteroatoms. The molecule has 5 rings (SSSR count). The van der Waals surface area contributed by atoms with Crippen LogP contribution in [-0.2, 0) is 28.9 Å². The lowest BCUT2D eigenvalue weighted by atomic mass is 10.1. The van der Waals surface area contributed by atoms with E-state index in [1.807, 2.05) is 31.2 Å². The van der Waals surface area contributed by atoms with Crippen molar-refractivity contribution in [1.82, 2.24) is 9.55 Å². The minimum atomic E-state index is -0.600. The first kappa shape index (κ1) is 20.4. The first-order valence-corrected chi connectivity index (χ1v) is 11.1. The third kappa shape index (κ3) is 3.57. The predicted molar refractivity (Wildman–Crippen MR) is 121 cm³/mol. The van der Waals surface area contributed by atoms with E-state index in [1.54, 1.807) is 27.7 Å². The molecule has 1 amide bonds. The van der Waals surface area contributed by atoms with Crippen LogP contribution in [0.4, 0.5) is 5.69 Å². The molecule has 0 fully saturated rings. The molecular formula is C25H25N3O4. The molecule has 1 atom stereocenters. The Kier molecular flexibility index (Phi) is 5.25. The van der Waals surface area contributed by atoms with Gasteiger partial charge in [-0.3, -0.25) is 14.2 Å². The Labute approximate surface area is 185 Å². The number of rotatable bonds is 3. The molecule has 0 saturated heterocycles. The molecule has 2 aromatic carbocycles. The number of benzene rings is 2. The Balaban J connectivity index is 1.34. The highest BCUT2D eigenvalue weighted by Crippen LogP contribution is 2.31. The van der Waals surface area contributed by atoms with Crippen molar-refractivity contribution >= 4 is 28.5 Å². The van der Waals surface area contributed by atoms with Crippen molar-refractivity contribution in [2.24, 2.45) is 0 Å². The Bertz CT molecular complexity index is 1280. The number of esters is 1. The number of amides is 1. The minimum Gasteiger partial charge on any atom is -0.452 e. The van der Waals surface area contributed by atoms with Gasteiger partial charge < -0.3 is 9.64 Å². The second-order valence-electron chi connectivity index (χ2n) is 8.55. The van der Waals surface area contributed by atoms with Crippen LogP contribution in [-0.4, -0.2) is 34.1 Å². The van der Waals surface area contributed by atoms with Gasteiger partial charge in [-0.05, 0) is 56.0 Å². The molecule has 0 bridgehead atoms. The fourth-order valence-corrected chi connectivity index (χ4v) is 4.77. The van der Waals surface area contributed by atoms with Crippen molar-refractivity contribution < 1.29 is 14.3 Å². The summed E-state index contributed by atoms with van der Waals surface area (Å²) in [7, 11) is 0. The molecule has 2 aliphatic heterocycles. The fourth-order valence-electron chi connectivity index (χ4n) is 4.77. The molecule has 164 valence electrons. The number of carbonyl (C=O) groups is 2. The number of aromatic nitrogens is 2. The zero-order chi connectivity index (χ0) is 22.2. The second kappa shape index (κ2) is 8.22. The van der Waals surface area contributed by atoms with Gasteiger partial charge in [0.25, 0.3) is 11.5 Å². The summed E-state index contributed by atoms with van der Waals surface area (Å²) >= 11 is 0. The zero-order valence-electron chi connectivity index (χ0n) is 18.0. The van der Waals surface area contributed by atoms with Gasteiger partial charge in [0, 0.05) is 24.7 Å². The normalized spacial score (nSPS) is 17.5. The molecule has 3 heterocycles. The van der Waals surface area contributed by atoms with Gasteiger partial charge in [0.15, 0.2) is 6.61 Å². The van der Waals surface area contributed by atoms with Gasteiger partial charge in [-0.1, -0.05) is 24.6 Å². The minimum absolute atomic E-state index is 0.0201. The summed E-state index contributed by atoms with van der Waals surface area (Å²) < 4.78 is 7.09. The van der Waals surface area contributed by atoms with Crippen LogP contribution >= 0.6 is 0 Å². The third-order valence-corrected chi connectivity index (χ3v) is 6.35. The smallest absolute Gasteiger partial charge is 0.338 e. The summed E-state index contributed by atoms with van der Waals surface area (Å²) in [5.41, 5.74) is 2.70. The molecule has 7 nitrogen and oxygen atoms in total. The van der Waals surface area contributed by atoms with Gasteiger partial charge in [0.2, 0.25) is 0 Å². The van der Waals surface area contributed by atoms with Crippen LogP contribution in [0.5, 0.6) is 0 Å². The maximum atomic E-state index is 12.9. The van der Waals surface area contributed by atoms with Crippen LogP contribution in [0.3, 0.4) is 0 Å². The fraction of sp³-hybridized carbons (Fsp3) is 0.360. The maximum Gasteiger partial charge on any atom is 0.338 e. The first-order valence-electron chi connectivity index (χ1n) is 11.1. The number of para-hydroxylation sites is 1. The van der Waals surface area contributed by atoms with Crippen LogP contribution < -0.4 is 10.5 Å². The van der Waals surface area contributed by atoms with E-state index in [0.29, 0.717) is 17.4 Å². The van der Waals surface area contributed by atoms with Gasteiger partial charge in [-0.15, -0.1) is 0 Å². The number of aryl methyl sites for hydroxylation is 1. The Hall–Kier alpha value is -3.48. The second-order valence-corrected chi connectivity index (χ2v) is 8.55. The third-order valence-electron chi connectivity index (χ3n) is 6.35. The van der Waals surface area contributed by atoms with E-state index in [4.69, 9.17) is 4.74 Å². The lowest BCUT2D eigenvalue weighted by molar-refractivity contribution is -0.122. The molecule has 0 N–H and O–H groups in total. The SMILES string of the molecule is C[C@@H]1Cc2ccccc2N1C(=O)COC(=O)c1ccc2c(=O)n3c(nc2c1)CCCCC3. The van der Waals surface area contributed by atoms with Gasteiger partial charge in [-0.25, -0.2) is 9.78 Å². The average molecular weight is 431 g/mol. The average Bonchev–Trinajstić information content (AvgIpc) is 2.96. The topological polar surface area (TPSA) is 81.5 Å². The van der Waals surface area contributed by atoms with E-state index in [9.17, 15) is 14.4 Å². The standard InChI is InChI=1S/C25H25N3O4/c1-16-13-17-7-4-5-8-21(17)28(16)23(29)15-32-25(31)18-10-11-19-20(14-18)26-22-9-3-2-6-12-27(22)24(19)30/h4-5,7-8,10-11,14,16H,2-3,6,9,12-13,15H2,1H3/t16-/m1/s1. The number of ether oxygens (including phenoxy) is 1. The molecule has 0 saturated carbocycles. The highest BCUT2D eigenvalue weighted by molar-refractivity contribution is 6.00. The van der Waals surface area contributed by atoms with Crippen molar-refractivity contribution in [2.45, 2.75) is 51.6 Å². The Morgan fingerprint density at radius 3 is 2.84 bits per heavy atom. The van der Waals surface area contributed by atoms with Gasteiger partial charge in [0.05, 0.1) is 16.5 Å². The van der Waals surface area contributed by atoms with Gasteiger partial charge in [-0.2, -0.15) is 0 Å². The van der Waals surface area contributed by atoms with Crippen molar-refractivity contribution in [3.8, 4) is 0 Å². The molecule has 32 heavy (non-hydrogen) atoms. The van der Waals surface area contributed by atoms with Crippen LogP contribution in [0.25, 0.3) is 10.9 Å². The monoisotopic (exact) mass is 431 g/mol. The number of carbonyl (C=O) groups excluding carboxylic acids is 2. The van der Waals surface area contributed by atoms with E-state index in [2.05, 4.69) is 4.98 Å². The van der Waals surface area contributed by atoms with E-state index >= 15 is 0 Å². The number of fused-ring (bicyclic) bond motifs is 3. The molecule has 0 aliphatic carbocycles. The van der Waals surface area contributed by atoms with Crippen molar-refractivity contribution in [3.05, 3.63) is 69.8 Å². The summed E-state index contributed by atoms with van der Waals surface area (Å²) in [6.07, 6.45) is 4.58. The molecular weight excluding hydrogens is 406 g/mol. The van der Waals surface area contributed by atoms with Crippen LogP contribution in [0, 0.1) is 0 Å². The largest absolute Gasteiger partial charge is 0.452 e. The molecule has 0 unspecified atom stereocenters. The van der Waals surface area contributed by atoms with E-state index in [0.717, 1.165) is 49.2 Å². The van der Waals surface area contributed by atoms with E-state index in [1.165, 1.54) is 0 Å². The van der Waals surface area contributed by atoms with Crippen molar-refractivity contribution in [1.29, 1.82) is 0 Å².